The summed E-state index contributed by atoms with van der Waals surface area (Å²) < 4.78 is 7.28. The number of imidazole rings is 1. The van der Waals surface area contributed by atoms with Crippen LogP contribution < -0.4 is 5.32 Å². The first-order valence-electron chi connectivity index (χ1n) is 6.95. The van der Waals surface area contributed by atoms with E-state index in [1.54, 1.807) is 11.8 Å². The Morgan fingerprint density at radius 2 is 2.33 bits per heavy atom. The minimum Gasteiger partial charge on any atom is -0.372 e. The number of hydrogen-bond acceptors (Lipinski definition) is 4. The molecule has 21 heavy (non-hydrogen) atoms. The molecule has 0 bridgehead atoms. The maximum absolute atomic E-state index is 11.8. The van der Waals surface area contributed by atoms with Crippen molar-refractivity contribution in [2.24, 2.45) is 0 Å². The summed E-state index contributed by atoms with van der Waals surface area (Å²) in [6.45, 7) is 3.46. The van der Waals surface area contributed by atoms with Crippen molar-refractivity contribution in [1.29, 1.82) is 0 Å². The fraction of sp³-hybridized carbons (Fsp3) is 0.333. The van der Waals surface area contributed by atoms with Gasteiger partial charge in [-0.15, -0.1) is 0 Å². The van der Waals surface area contributed by atoms with Crippen LogP contribution in [0.4, 0.5) is 5.69 Å². The second-order valence-electron chi connectivity index (χ2n) is 4.68. The molecule has 0 unspecified atom stereocenters. The maximum Gasteiger partial charge on any atom is 0.250 e. The molecule has 1 aliphatic heterocycles. The lowest BCUT2D eigenvalue weighted by Crippen LogP contribution is -2.18. The van der Waals surface area contributed by atoms with Crippen LogP contribution >= 0.6 is 11.8 Å². The lowest BCUT2D eigenvalue weighted by atomic mass is 10.1. The third-order valence-corrected chi connectivity index (χ3v) is 4.19. The molecule has 0 fully saturated rings. The van der Waals surface area contributed by atoms with E-state index < -0.39 is 0 Å². The molecule has 0 aliphatic carbocycles. The molecule has 110 valence electrons. The van der Waals surface area contributed by atoms with Gasteiger partial charge in [0.2, 0.25) is 5.91 Å². The molecule has 1 amide bonds. The van der Waals surface area contributed by atoms with Crippen LogP contribution in [-0.4, -0.2) is 34.4 Å². The molecule has 5 nitrogen and oxygen atoms in total. The van der Waals surface area contributed by atoms with Crippen LogP contribution in [-0.2, 0) is 16.1 Å². The van der Waals surface area contributed by atoms with Gasteiger partial charge in [0.15, 0.2) is 5.16 Å². The van der Waals surface area contributed by atoms with Gasteiger partial charge in [0.25, 0.3) is 0 Å². The smallest absolute Gasteiger partial charge is 0.250 e. The lowest BCUT2D eigenvalue weighted by molar-refractivity contribution is -0.120. The highest BCUT2D eigenvalue weighted by Gasteiger charge is 2.17. The number of aromatic nitrogens is 2. The highest BCUT2D eigenvalue weighted by molar-refractivity contribution is 7.99. The van der Waals surface area contributed by atoms with Gasteiger partial charge in [-0.25, -0.2) is 4.98 Å². The number of aryl methyl sites for hydroxylation is 1. The topological polar surface area (TPSA) is 56.1 Å². The lowest BCUT2D eigenvalue weighted by Gasteiger charge is -2.09. The molecule has 0 spiro atoms. The van der Waals surface area contributed by atoms with Crippen molar-refractivity contribution in [2.45, 2.75) is 18.6 Å². The second-order valence-corrected chi connectivity index (χ2v) is 5.74. The molecule has 1 aromatic carbocycles. The molecule has 0 saturated carbocycles. The minimum atomic E-state index is -0.148. The molecule has 1 aliphatic rings. The number of fused-ring (bicyclic) bond motifs is 1. The van der Waals surface area contributed by atoms with Crippen LogP contribution in [0.1, 0.15) is 6.92 Å². The Labute approximate surface area is 127 Å². The summed E-state index contributed by atoms with van der Waals surface area (Å²) in [4.78, 5) is 16.5. The number of rotatable bonds is 5. The van der Waals surface area contributed by atoms with Crippen LogP contribution in [0.15, 0.2) is 35.6 Å². The normalized spacial score (nSPS) is 13.2. The Bertz CT molecular complexity index is 633. The molecule has 0 atom stereocenters. The van der Waals surface area contributed by atoms with Gasteiger partial charge in [0.1, 0.15) is 6.61 Å². The third kappa shape index (κ3) is 3.11. The number of hydrogen-bond donors (Lipinski definition) is 1. The monoisotopic (exact) mass is 303 g/mol. The molecule has 3 rings (SSSR count). The van der Waals surface area contributed by atoms with Crippen LogP contribution in [0.3, 0.4) is 0 Å². The number of nitrogens with one attached hydrogen (secondary N) is 1. The highest BCUT2D eigenvalue weighted by atomic mass is 32.2. The number of thioether (sulfide) groups is 1. The zero-order chi connectivity index (χ0) is 14.7. The summed E-state index contributed by atoms with van der Waals surface area (Å²) >= 11 is 1.76. The Hall–Kier alpha value is -1.79. The van der Waals surface area contributed by atoms with E-state index in [0.29, 0.717) is 6.61 Å². The number of carbonyl (C=O) groups is 1. The summed E-state index contributed by atoms with van der Waals surface area (Å²) in [7, 11) is 0. The summed E-state index contributed by atoms with van der Waals surface area (Å²) in [6, 6.07) is 7.71. The minimum absolute atomic E-state index is 0.0698. The molecule has 1 N–H and O–H groups in total. The van der Waals surface area contributed by atoms with Gasteiger partial charge in [-0.1, -0.05) is 30.0 Å². The predicted octanol–water partition coefficient (Wildman–Crippen LogP) is 2.63. The second kappa shape index (κ2) is 6.32. The fourth-order valence-corrected chi connectivity index (χ4v) is 3.18. The molecule has 6 heteroatoms. The molecule has 2 heterocycles. The highest BCUT2D eigenvalue weighted by Crippen LogP contribution is 2.32. The van der Waals surface area contributed by atoms with Crippen LogP contribution in [0.25, 0.3) is 11.3 Å². The van der Waals surface area contributed by atoms with Crippen molar-refractivity contribution >= 4 is 23.4 Å². The molecule has 0 saturated heterocycles. The van der Waals surface area contributed by atoms with Crippen molar-refractivity contribution in [3.05, 3.63) is 30.5 Å². The first-order valence-corrected chi connectivity index (χ1v) is 7.93. The number of para-hydroxylation sites is 1. The van der Waals surface area contributed by atoms with E-state index in [9.17, 15) is 4.79 Å². The molecular formula is C15H17N3O2S. The number of amides is 1. The van der Waals surface area contributed by atoms with Crippen LogP contribution in [0.2, 0.25) is 0 Å². The van der Waals surface area contributed by atoms with Gasteiger partial charge in [0, 0.05) is 30.7 Å². The molecule has 1 aromatic heterocycles. The van der Waals surface area contributed by atoms with E-state index in [0.717, 1.165) is 34.4 Å². The fourth-order valence-electron chi connectivity index (χ4n) is 2.24. The van der Waals surface area contributed by atoms with Crippen molar-refractivity contribution < 1.29 is 9.53 Å². The van der Waals surface area contributed by atoms with E-state index >= 15 is 0 Å². The van der Waals surface area contributed by atoms with Crippen LogP contribution in [0, 0.1) is 0 Å². The SMILES string of the molecule is CCOCC(=O)Nc1ccccc1-c1cn2c(n1)SCC2. The zero-order valence-corrected chi connectivity index (χ0v) is 12.7. The zero-order valence-electron chi connectivity index (χ0n) is 11.8. The first kappa shape index (κ1) is 14.2. The predicted molar refractivity (Wildman–Crippen MR) is 83.5 cm³/mol. The van der Waals surface area contributed by atoms with Gasteiger partial charge in [-0.2, -0.15) is 0 Å². The first-order chi connectivity index (χ1) is 10.3. The van der Waals surface area contributed by atoms with E-state index in [4.69, 9.17) is 4.74 Å². The van der Waals surface area contributed by atoms with E-state index in [2.05, 4.69) is 14.9 Å². The maximum atomic E-state index is 11.8. The summed E-state index contributed by atoms with van der Waals surface area (Å²) in [6.07, 6.45) is 2.04. The van der Waals surface area contributed by atoms with Crippen molar-refractivity contribution in [2.75, 3.05) is 24.3 Å². The number of nitrogens with zero attached hydrogens (tertiary/aromatic N) is 2. The van der Waals surface area contributed by atoms with Crippen molar-refractivity contribution in [3.63, 3.8) is 0 Å². The van der Waals surface area contributed by atoms with Gasteiger partial charge in [0.05, 0.1) is 11.4 Å². The van der Waals surface area contributed by atoms with Crippen molar-refractivity contribution in [3.8, 4) is 11.3 Å². The number of carbonyl (C=O) groups excluding carboxylic acids is 1. The van der Waals surface area contributed by atoms with Gasteiger partial charge in [-0.3, -0.25) is 4.79 Å². The van der Waals surface area contributed by atoms with Crippen molar-refractivity contribution in [1.82, 2.24) is 9.55 Å². The Morgan fingerprint density at radius 3 is 3.14 bits per heavy atom. The van der Waals surface area contributed by atoms with E-state index in [1.165, 1.54) is 0 Å². The Morgan fingerprint density at radius 1 is 1.48 bits per heavy atom. The van der Waals surface area contributed by atoms with Crippen LogP contribution in [0.5, 0.6) is 0 Å². The summed E-state index contributed by atoms with van der Waals surface area (Å²) in [5, 5.41) is 3.93. The summed E-state index contributed by atoms with van der Waals surface area (Å²) in [5.74, 6) is 0.931. The average Bonchev–Trinajstić information content (AvgIpc) is 3.07. The Balaban J connectivity index is 1.83. The third-order valence-electron chi connectivity index (χ3n) is 3.22. The number of anilines is 1. The van der Waals surface area contributed by atoms with E-state index in [1.807, 2.05) is 37.4 Å². The standard InChI is InChI=1S/C15H17N3O2S/c1-2-20-10-14(19)16-12-6-4-3-5-11(12)13-9-18-7-8-21-15(18)17-13/h3-6,9H,2,7-8,10H2,1H3,(H,16,19). The average molecular weight is 303 g/mol. The Kier molecular flexibility index (Phi) is 4.26. The molecular weight excluding hydrogens is 286 g/mol. The number of ether oxygens (including phenoxy) is 1. The van der Waals surface area contributed by atoms with Gasteiger partial charge < -0.3 is 14.6 Å². The quantitative estimate of drug-likeness (QED) is 0.922. The summed E-state index contributed by atoms with van der Waals surface area (Å²) in [5.41, 5.74) is 2.60. The molecule has 2 aromatic rings. The number of benzene rings is 1. The largest absolute Gasteiger partial charge is 0.372 e. The van der Waals surface area contributed by atoms with E-state index in [-0.39, 0.29) is 12.5 Å². The molecule has 0 radical (unpaired) electrons. The van der Waals surface area contributed by atoms with Gasteiger partial charge in [-0.05, 0) is 13.0 Å². The van der Waals surface area contributed by atoms with Gasteiger partial charge >= 0.3 is 0 Å².